The minimum atomic E-state index is -2.94. The van der Waals surface area contributed by atoms with Crippen LogP contribution >= 0.6 is 15.9 Å². The number of ether oxygens (including phenoxy) is 2. The lowest BCUT2D eigenvalue weighted by Gasteiger charge is -2.56. The number of nitrogens with zero attached hydrogens (tertiary/aromatic N) is 3. The van der Waals surface area contributed by atoms with Gasteiger partial charge in [0.05, 0.1) is 17.5 Å². The Morgan fingerprint density at radius 2 is 1.57 bits per heavy atom. The molecule has 1 fully saturated rings. The van der Waals surface area contributed by atoms with Gasteiger partial charge in [-0.2, -0.15) is 4.39 Å². The van der Waals surface area contributed by atoms with Crippen molar-refractivity contribution in [1.82, 2.24) is 15.0 Å². The number of hydrogen-bond donors (Lipinski definition) is 0. The van der Waals surface area contributed by atoms with Gasteiger partial charge in [-0.1, -0.05) is 81.4 Å². The largest absolute Gasteiger partial charge is 0.485 e. The van der Waals surface area contributed by atoms with E-state index in [0.717, 1.165) is 11.1 Å². The number of Topliss-reactive ketones (excluding diaryl/α,β-unsaturated/α-hetero) is 3. The quantitative estimate of drug-likeness (QED) is 0.0937. The van der Waals surface area contributed by atoms with Crippen molar-refractivity contribution in [2.75, 3.05) is 14.1 Å². The topological polar surface area (TPSA) is 121 Å². The van der Waals surface area contributed by atoms with Crippen LogP contribution in [0.15, 0.2) is 69.8 Å². The standard InChI is InChI=1S/C40H43BrFN3O7Si/c1-39(2,3)53(6,7)52-40-26(30(45(4)5)32-29(35(40)48)38(44-51-32)50-21-23-16-12-9-13-17-23)19-24-18-25-28(31(46)27(24)34(40)47)33(36(41)43-37(25)42)49-20-22-14-10-8-11-15-22/h8-17,24,26-27,30H,18-21H2,1-7H3/t24-,26-,27?,30-,40-/m0/s1. The second-order valence-corrected chi connectivity index (χ2v) is 21.5. The van der Waals surface area contributed by atoms with Gasteiger partial charge in [-0.15, -0.1) is 0 Å². The zero-order chi connectivity index (χ0) is 38.0. The molecule has 0 spiro atoms. The Hall–Kier alpha value is -4.04. The molecule has 53 heavy (non-hydrogen) atoms. The van der Waals surface area contributed by atoms with E-state index in [2.05, 4.69) is 26.1 Å². The van der Waals surface area contributed by atoms with Crippen LogP contribution in [0, 0.1) is 23.7 Å². The number of pyridine rings is 1. The van der Waals surface area contributed by atoms with Gasteiger partial charge in [-0.05, 0) is 83.2 Å². The van der Waals surface area contributed by atoms with E-state index >= 15 is 14.0 Å². The fraction of sp³-hybridized carbons (Fsp3) is 0.425. The molecule has 0 aliphatic heterocycles. The van der Waals surface area contributed by atoms with Crippen molar-refractivity contribution >= 4 is 41.6 Å². The zero-order valence-electron chi connectivity index (χ0n) is 30.9. The van der Waals surface area contributed by atoms with Gasteiger partial charge in [-0.3, -0.25) is 19.3 Å². The molecule has 2 heterocycles. The Labute approximate surface area is 317 Å². The van der Waals surface area contributed by atoms with Gasteiger partial charge in [0.15, 0.2) is 41.6 Å². The average molecular weight is 805 g/mol. The van der Waals surface area contributed by atoms with Crippen molar-refractivity contribution < 1.29 is 37.2 Å². The molecule has 0 bridgehead atoms. The van der Waals surface area contributed by atoms with Gasteiger partial charge in [0.25, 0.3) is 5.88 Å². The van der Waals surface area contributed by atoms with E-state index in [1.54, 1.807) is 0 Å². The highest BCUT2D eigenvalue weighted by atomic mass is 79.9. The summed E-state index contributed by atoms with van der Waals surface area (Å²) in [7, 11) is 0.732. The summed E-state index contributed by atoms with van der Waals surface area (Å²) in [6.07, 6.45) is 0.238. The number of aromatic nitrogens is 2. The van der Waals surface area contributed by atoms with Crippen molar-refractivity contribution in [3.05, 3.63) is 105 Å². The maximum atomic E-state index is 15.8. The highest BCUT2D eigenvalue weighted by Gasteiger charge is 2.70. The first-order valence-electron chi connectivity index (χ1n) is 17.8. The van der Waals surface area contributed by atoms with Crippen LogP contribution in [-0.2, 0) is 28.9 Å². The van der Waals surface area contributed by atoms with Crippen molar-refractivity contribution in [2.45, 2.75) is 76.6 Å². The Morgan fingerprint density at radius 1 is 0.962 bits per heavy atom. The number of carbonyl (C=O) groups excluding carboxylic acids is 3. The van der Waals surface area contributed by atoms with Crippen LogP contribution in [0.5, 0.6) is 11.6 Å². The predicted molar refractivity (Wildman–Crippen MR) is 200 cm³/mol. The summed E-state index contributed by atoms with van der Waals surface area (Å²) in [6.45, 7) is 10.2. The van der Waals surface area contributed by atoms with Crippen LogP contribution in [0.2, 0.25) is 18.1 Å². The normalized spacial score (nSPS) is 24.0. The van der Waals surface area contributed by atoms with Crippen LogP contribution < -0.4 is 9.47 Å². The van der Waals surface area contributed by atoms with Crippen molar-refractivity contribution in [3.63, 3.8) is 0 Å². The lowest BCUT2D eigenvalue weighted by Crippen LogP contribution is -2.70. The highest BCUT2D eigenvalue weighted by Crippen LogP contribution is 2.59. The molecule has 1 saturated carbocycles. The summed E-state index contributed by atoms with van der Waals surface area (Å²) in [5.41, 5.74) is -0.314. The van der Waals surface area contributed by atoms with E-state index in [4.69, 9.17) is 18.4 Å². The number of fused-ring (bicyclic) bond motifs is 4. The van der Waals surface area contributed by atoms with Crippen molar-refractivity contribution in [2.24, 2.45) is 17.8 Å². The van der Waals surface area contributed by atoms with Crippen LogP contribution in [0.4, 0.5) is 4.39 Å². The molecule has 3 aliphatic rings. The smallest absolute Gasteiger partial charge is 0.265 e. The van der Waals surface area contributed by atoms with Crippen molar-refractivity contribution in [1.29, 1.82) is 0 Å². The molecular formula is C40H43BrFN3O7Si. The molecule has 10 nitrogen and oxygen atoms in total. The third-order valence-corrected chi connectivity index (χ3v) is 16.5. The Balaban J connectivity index is 1.37. The van der Waals surface area contributed by atoms with Crippen LogP contribution in [-0.4, -0.2) is 60.4 Å². The summed E-state index contributed by atoms with van der Waals surface area (Å²) in [5, 5.41) is 3.81. The van der Waals surface area contributed by atoms with Crippen LogP contribution in [0.1, 0.15) is 76.4 Å². The van der Waals surface area contributed by atoms with E-state index in [-0.39, 0.29) is 64.7 Å². The molecule has 2 aromatic carbocycles. The second-order valence-electron chi connectivity index (χ2n) is 16.0. The molecule has 278 valence electrons. The molecule has 0 N–H and O–H groups in total. The summed E-state index contributed by atoms with van der Waals surface area (Å²) in [6, 6.07) is 18.1. The summed E-state index contributed by atoms with van der Waals surface area (Å²) < 4.78 is 41.2. The van der Waals surface area contributed by atoms with E-state index < -0.39 is 66.0 Å². The fourth-order valence-corrected chi connectivity index (χ4v) is 9.83. The van der Waals surface area contributed by atoms with Gasteiger partial charge in [0.2, 0.25) is 11.7 Å². The summed E-state index contributed by atoms with van der Waals surface area (Å²) >= 11 is 3.32. The molecule has 2 aromatic heterocycles. The lowest BCUT2D eigenvalue weighted by atomic mass is 9.54. The predicted octanol–water partition coefficient (Wildman–Crippen LogP) is 7.95. The van der Waals surface area contributed by atoms with Gasteiger partial charge in [-0.25, -0.2) is 4.98 Å². The molecule has 0 radical (unpaired) electrons. The third kappa shape index (κ3) is 6.19. The second kappa shape index (κ2) is 13.7. The first-order valence-corrected chi connectivity index (χ1v) is 21.5. The minimum Gasteiger partial charge on any atom is -0.485 e. The Kier molecular flexibility index (Phi) is 9.61. The maximum absolute atomic E-state index is 15.8. The molecular weight excluding hydrogens is 761 g/mol. The Morgan fingerprint density at radius 3 is 2.15 bits per heavy atom. The van der Waals surface area contributed by atoms with Crippen LogP contribution in [0.25, 0.3) is 0 Å². The molecule has 0 amide bonds. The monoisotopic (exact) mass is 803 g/mol. The average Bonchev–Trinajstić information content (AvgIpc) is 3.52. The maximum Gasteiger partial charge on any atom is 0.265 e. The molecule has 7 rings (SSSR count). The molecule has 1 unspecified atom stereocenters. The molecule has 3 aliphatic carbocycles. The molecule has 13 heteroatoms. The molecule has 4 aromatic rings. The summed E-state index contributed by atoms with van der Waals surface area (Å²) in [5.74, 6) is -5.15. The van der Waals surface area contributed by atoms with Gasteiger partial charge < -0.3 is 18.4 Å². The van der Waals surface area contributed by atoms with Gasteiger partial charge >= 0.3 is 0 Å². The third-order valence-electron chi connectivity index (χ3n) is 11.5. The van der Waals surface area contributed by atoms with E-state index in [1.165, 1.54) is 0 Å². The first-order chi connectivity index (χ1) is 25.1. The number of carbonyl (C=O) groups is 3. The highest BCUT2D eigenvalue weighted by molar-refractivity contribution is 9.10. The number of benzene rings is 2. The van der Waals surface area contributed by atoms with Crippen molar-refractivity contribution in [3.8, 4) is 11.6 Å². The molecule has 5 atom stereocenters. The number of halogens is 2. The van der Waals surface area contributed by atoms with Gasteiger partial charge in [0.1, 0.15) is 18.8 Å². The SMILES string of the molecule is CN(C)[C@@H]1c2onc(OCc3ccccc3)c2C(=O)[C@@]2(O[Si](C)(C)C(C)(C)C)C(=O)C3C(=O)c4c(c(F)nc(Br)c4OCc4ccccc4)C[C@H]3C[C@@H]12. The van der Waals surface area contributed by atoms with E-state index in [1.807, 2.05) is 114 Å². The lowest BCUT2D eigenvalue weighted by molar-refractivity contribution is -0.151. The number of ketones is 3. The number of rotatable bonds is 9. The van der Waals surface area contributed by atoms with Gasteiger partial charge in [0, 0.05) is 11.5 Å². The fourth-order valence-electron chi connectivity index (χ4n) is 7.91. The minimum absolute atomic E-state index is 0.0144. The first kappa shape index (κ1) is 37.3. The van der Waals surface area contributed by atoms with E-state index in [9.17, 15) is 4.79 Å². The molecule has 0 saturated heterocycles. The van der Waals surface area contributed by atoms with Crippen LogP contribution in [0.3, 0.4) is 0 Å². The Bertz CT molecular complexity index is 2080. The zero-order valence-corrected chi connectivity index (χ0v) is 33.5. The number of hydrogen-bond acceptors (Lipinski definition) is 10. The van der Waals surface area contributed by atoms with E-state index in [0.29, 0.717) is 0 Å². The summed E-state index contributed by atoms with van der Waals surface area (Å²) in [4.78, 5) is 51.8.